The summed E-state index contributed by atoms with van der Waals surface area (Å²) in [4.78, 5) is 0. The predicted molar refractivity (Wildman–Crippen MR) is 293 cm³/mol. The van der Waals surface area contributed by atoms with Crippen LogP contribution in [0.25, 0.3) is 42.4 Å². The zero-order valence-corrected chi connectivity index (χ0v) is 40.3. The van der Waals surface area contributed by atoms with Gasteiger partial charge in [0, 0.05) is 37.6 Å². The van der Waals surface area contributed by atoms with Crippen LogP contribution >= 0.6 is 11.3 Å². The topological polar surface area (TPSA) is 12.0 Å². The molecule has 0 bridgehead atoms. The van der Waals surface area contributed by atoms with Gasteiger partial charge in [-0.2, -0.15) is 0 Å². The summed E-state index contributed by atoms with van der Waals surface area (Å²) in [5.41, 5.74) is 19.6. The molecule has 7 aromatic rings. The van der Waals surface area contributed by atoms with Gasteiger partial charge in [0.2, 0.25) is 0 Å². The van der Waals surface area contributed by atoms with Crippen molar-refractivity contribution in [3.63, 3.8) is 0 Å². The van der Waals surface area contributed by atoms with E-state index in [9.17, 15) is 0 Å². The second-order valence-corrected chi connectivity index (χ2v) is 19.7. The average molecular weight is 874 g/mol. The summed E-state index contributed by atoms with van der Waals surface area (Å²) in [6.07, 6.45) is 24.9. The van der Waals surface area contributed by atoms with Gasteiger partial charge >= 0.3 is 0 Å². The van der Waals surface area contributed by atoms with Gasteiger partial charge in [-0.15, -0.1) is 11.3 Å². The number of anilines is 2. The van der Waals surface area contributed by atoms with Crippen molar-refractivity contribution in [2.24, 2.45) is 0 Å². The SMILES string of the molecule is C=C/C=C\C(Bc1c(C)cc2c(c1-c1ccc3c(sc4ccccc43)c1Nc1ccc(C)cc1)-c1ccccc1C2(C)C)=C(\C)CC(C(=C)/C=C\C=C/C)(C1=CCCC=C1)c1ccccc1. The fourth-order valence-electron chi connectivity index (χ4n) is 10.6. The van der Waals surface area contributed by atoms with Gasteiger partial charge in [0.1, 0.15) is 0 Å². The van der Waals surface area contributed by atoms with E-state index in [1.54, 1.807) is 0 Å². The molecule has 1 N–H and O–H groups in total. The largest absolute Gasteiger partial charge is 0.354 e. The van der Waals surface area contributed by atoms with Gasteiger partial charge in [0.15, 0.2) is 7.28 Å². The second kappa shape index (κ2) is 18.7. The molecular formula is C63H60BNS. The highest BCUT2D eigenvalue weighted by atomic mass is 32.1. The number of fused-ring (bicyclic) bond motifs is 6. The Morgan fingerprint density at radius 1 is 0.788 bits per heavy atom. The van der Waals surface area contributed by atoms with Crippen LogP contribution in [0.15, 0.2) is 217 Å². The number of benzene rings is 6. The van der Waals surface area contributed by atoms with E-state index in [0.717, 1.165) is 43.5 Å². The summed E-state index contributed by atoms with van der Waals surface area (Å²) in [6, 6.07) is 45.1. The van der Waals surface area contributed by atoms with E-state index >= 15 is 0 Å². The number of hydrogen-bond donors (Lipinski definition) is 1. The third-order valence-corrected chi connectivity index (χ3v) is 15.3. The molecule has 3 heteroatoms. The van der Waals surface area contributed by atoms with Crippen molar-refractivity contribution in [2.75, 3.05) is 5.32 Å². The molecule has 0 saturated heterocycles. The molecule has 2 aliphatic rings. The Balaban J connectivity index is 1.32. The van der Waals surface area contributed by atoms with Crippen LogP contribution < -0.4 is 10.8 Å². The van der Waals surface area contributed by atoms with Crippen LogP contribution in [0.5, 0.6) is 0 Å². The molecule has 0 radical (unpaired) electrons. The molecule has 66 heavy (non-hydrogen) atoms. The van der Waals surface area contributed by atoms with Gasteiger partial charge in [-0.3, -0.25) is 0 Å². The Bertz CT molecular complexity index is 3200. The molecule has 6 aromatic carbocycles. The molecule has 1 nitrogen and oxygen atoms in total. The Hall–Kier alpha value is -6.68. The van der Waals surface area contributed by atoms with Crippen molar-refractivity contribution in [1.82, 2.24) is 0 Å². The van der Waals surface area contributed by atoms with Crippen LogP contribution in [0.2, 0.25) is 0 Å². The predicted octanol–water partition coefficient (Wildman–Crippen LogP) is 16.8. The normalized spacial score (nSPS) is 15.5. The number of aryl methyl sites for hydroxylation is 2. The molecule has 0 fully saturated rings. The highest BCUT2D eigenvalue weighted by Crippen LogP contribution is 2.54. The van der Waals surface area contributed by atoms with E-state index in [-0.39, 0.29) is 5.41 Å². The van der Waals surface area contributed by atoms with Gasteiger partial charge in [0.05, 0.1) is 10.4 Å². The summed E-state index contributed by atoms with van der Waals surface area (Å²) in [5.74, 6) is 0. The van der Waals surface area contributed by atoms with Gasteiger partial charge in [-0.05, 0) is 110 Å². The standard InChI is InChI=1S/C63H60BNS/c1-9-11-15-24-45(6)63(46-25-16-13-17-26-46,47-27-18-14-19-28-47)41-44(5)55(32-12-10-2)64-59-43(4)40-54-57(51-30-20-22-31-53(51)62(54,7)8)58(59)52-39-38-50-49-29-21-23-33-56(49)66-61(50)60(52)65-48-36-34-42(3)35-37-48/h9-13,15-18,20-40,64-65H,2,6,14,19,41H2,1,3-5,7-8H3/b11-9-,24-15-,32-12-,55-44+. The van der Waals surface area contributed by atoms with E-state index in [0.29, 0.717) is 0 Å². The molecule has 1 aromatic heterocycles. The smallest absolute Gasteiger partial charge is 0.193 e. The maximum Gasteiger partial charge on any atom is 0.193 e. The fraction of sp³-hybridized carbons (Fsp3) is 0.175. The molecule has 1 atom stereocenters. The Morgan fingerprint density at radius 3 is 2.30 bits per heavy atom. The van der Waals surface area contributed by atoms with Crippen LogP contribution in [-0.2, 0) is 10.8 Å². The monoisotopic (exact) mass is 873 g/mol. The minimum absolute atomic E-state index is 0.176. The van der Waals surface area contributed by atoms with Gasteiger partial charge in [-0.1, -0.05) is 219 Å². The Labute approximate surface area is 398 Å². The lowest BCUT2D eigenvalue weighted by Crippen LogP contribution is -2.32. The van der Waals surface area contributed by atoms with Crippen molar-refractivity contribution in [1.29, 1.82) is 0 Å². The summed E-state index contributed by atoms with van der Waals surface area (Å²) < 4.78 is 2.56. The molecular weight excluding hydrogens is 814 g/mol. The van der Waals surface area contributed by atoms with Crippen molar-refractivity contribution in [3.05, 3.63) is 245 Å². The van der Waals surface area contributed by atoms with Crippen molar-refractivity contribution < 1.29 is 0 Å². The maximum absolute atomic E-state index is 4.88. The summed E-state index contributed by atoms with van der Waals surface area (Å²) in [7, 11) is 0.738. The first kappa shape index (κ1) is 44.5. The zero-order valence-electron chi connectivity index (χ0n) is 39.5. The summed E-state index contributed by atoms with van der Waals surface area (Å²) >= 11 is 1.88. The maximum atomic E-state index is 4.88. The minimum atomic E-state index is -0.482. The lowest BCUT2D eigenvalue weighted by molar-refractivity contribution is 0.601. The number of nitrogens with one attached hydrogen (secondary N) is 1. The van der Waals surface area contributed by atoms with Crippen molar-refractivity contribution >= 4 is 55.6 Å². The van der Waals surface area contributed by atoms with Crippen LogP contribution in [-0.4, -0.2) is 7.28 Å². The van der Waals surface area contributed by atoms with Crippen molar-refractivity contribution in [2.45, 2.75) is 71.6 Å². The first-order chi connectivity index (χ1) is 32.1. The molecule has 9 rings (SSSR count). The van der Waals surface area contributed by atoms with Crippen molar-refractivity contribution in [3.8, 4) is 22.3 Å². The molecule has 326 valence electrons. The van der Waals surface area contributed by atoms with Crippen LogP contribution in [0.1, 0.15) is 74.8 Å². The first-order valence-corrected chi connectivity index (χ1v) is 24.3. The van der Waals surface area contributed by atoms with Gasteiger partial charge in [0.25, 0.3) is 0 Å². The van der Waals surface area contributed by atoms with Gasteiger partial charge < -0.3 is 5.32 Å². The molecule has 0 aliphatic heterocycles. The van der Waals surface area contributed by atoms with E-state index in [1.807, 2.05) is 17.4 Å². The molecule has 0 spiro atoms. The lowest BCUT2D eigenvalue weighted by atomic mass is 9.55. The van der Waals surface area contributed by atoms with Crippen LogP contribution in [0, 0.1) is 13.8 Å². The Morgan fingerprint density at radius 2 is 1.55 bits per heavy atom. The number of hydrogen-bond acceptors (Lipinski definition) is 2. The zero-order chi connectivity index (χ0) is 46.0. The number of rotatable bonds is 14. The minimum Gasteiger partial charge on any atom is -0.354 e. The number of allylic oxidation sites excluding steroid dienone is 14. The van der Waals surface area contributed by atoms with Crippen LogP contribution in [0.4, 0.5) is 11.4 Å². The van der Waals surface area contributed by atoms with Gasteiger partial charge in [-0.25, -0.2) is 0 Å². The third-order valence-electron chi connectivity index (χ3n) is 14.1. The highest BCUT2D eigenvalue weighted by Gasteiger charge is 2.40. The molecule has 0 amide bonds. The highest BCUT2D eigenvalue weighted by molar-refractivity contribution is 7.26. The van der Waals surface area contributed by atoms with Crippen LogP contribution in [0.3, 0.4) is 0 Å². The third kappa shape index (κ3) is 8.05. The quantitative estimate of drug-likeness (QED) is 0.0848. The summed E-state index contributed by atoms with van der Waals surface area (Å²) in [5, 5.41) is 6.62. The molecule has 1 heterocycles. The van der Waals surface area contributed by atoms with E-state index < -0.39 is 5.41 Å². The van der Waals surface area contributed by atoms with E-state index in [2.05, 4.69) is 229 Å². The summed E-state index contributed by atoms with van der Waals surface area (Å²) in [6.45, 7) is 22.8. The molecule has 0 saturated carbocycles. The molecule has 1 unspecified atom stereocenters. The fourth-order valence-corrected chi connectivity index (χ4v) is 11.8. The van der Waals surface area contributed by atoms with E-state index in [4.69, 9.17) is 6.58 Å². The van der Waals surface area contributed by atoms with E-state index in [1.165, 1.54) is 92.3 Å². The Kier molecular flexibility index (Phi) is 12.6. The molecule has 2 aliphatic carbocycles. The average Bonchev–Trinajstić information content (AvgIpc) is 3.83. The first-order valence-electron chi connectivity index (χ1n) is 23.5. The second-order valence-electron chi connectivity index (χ2n) is 18.7. The lowest BCUT2D eigenvalue weighted by Gasteiger charge is -2.39. The number of thiophene rings is 1.